The summed E-state index contributed by atoms with van der Waals surface area (Å²) >= 11 is 14.1. The van der Waals surface area contributed by atoms with Gasteiger partial charge in [-0.3, -0.25) is 9.69 Å². The van der Waals surface area contributed by atoms with E-state index in [4.69, 9.17) is 23.8 Å². The van der Waals surface area contributed by atoms with Gasteiger partial charge in [0.1, 0.15) is 4.32 Å². The third-order valence-electron chi connectivity index (χ3n) is 3.23. The molecule has 0 N–H and O–H groups in total. The van der Waals surface area contributed by atoms with Crippen LogP contribution in [-0.4, -0.2) is 22.2 Å². The lowest BCUT2D eigenvalue weighted by molar-refractivity contribution is -0.121. The van der Waals surface area contributed by atoms with Crippen LogP contribution in [0.5, 0.6) is 0 Å². The van der Waals surface area contributed by atoms with Gasteiger partial charge in [0.05, 0.1) is 4.91 Å². The Hall–Kier alpha value is -1.27. The summed E-state index contributed by atoms with van der Waals surface area (Å²) in [6.07, 6.45) is 1.90. The zero-order valence-corrected chi connectivity index (χ0v) is 15.4. The van der Waals surface area contributed by atoms with E-state index in [0.717, 1.165) is 15.4 Å². The van der Waals surface area contributed by atoms with Crippen LogP contribution in [0.2, 0.25) is 5.02 Å². The molecule has 0 saturated carbocycles. The summed E-state index contributed by atoms with van der Waals surface area (Å²) in [6, 6.07) is 15.7. The molecule has 0 spiro atoms. The molecule has 1 aliphatic rings. The number of thioether (sulfide) groups is 1. The maximum Gasteiger partial charge on any atom is 0.265 e. The molecule has 0 radical (unpaired) electrons. The van der Waals surface area contributed by atoms with Gasteiger partial charge in [-0.2, -0.15) is 0 Å². The number of benzene rings is 2. The molecule has 1 saturated heterocycles. The van der Waals surface area contributed by atoms with Crippen molar-refractivity contribution in [3.8, 4) is 0 Å². The topological polar surface area (TPSA) is 20.3 Å². The molecule has 2 nitrogen and oxygen atoms in total. The van der Waals surface area contributed by atoms with E-state index in [1.807, 2.05) is 54.6 Å². The minimum Gasteiger partial charge on any atom is -0.296 e. The number of halogens is 1. The lowest BCUT2D eigenvalue weighted by atomic mass is 10.2. The predicted molar refractivity (Wildman–Crippen MR) is 103 cm³/mol. The zero-order chi connectivity index (χ0) is 16.4. The fraction of sp³-hybridized carbons (Fsp3) is 0.0588. The van der Waals surface area contributed by atoms with Crippen LogP contribution in [0, 0.1) is 0 Å². The smallest absolute Gasteiger partial charge is 0.265 e. The first-order valence-electron chi connectivity index (χ1n) is 6.78. The first-order valence-corrected chi connectivity index (χ1v) is 9.20. The van der Waals surface area contributed by atoms with Gasteiger partial charge in [0.15, 0.2) is 0 Å². The summed E-state index contributed by atoms with van der Waals surface area (Å²) in [5, 5.41) is 0.717. The van der Waals surface area contributed by atoms with Crippen LogP contribution < -0.4 is 0 Å². The first-order chi connectivity index (χ1) is 11.0. The Morgan fingerprint density at radius 3 is 2.52 bits per heavy atom. The highest BCUT2D eigenvalue weighted by Crippen LogP contribution is 2.36. The molecule has 1 heterocycles. The van der Waals surface area contributed by atoms with Gasteiger partial charge in [0, 0.05) is 21.9 Å². The fourth-order valence-corrected chi connectivity index (χ4v) is 4.22. The highest BCUT2D eigenvalue weighted by Gasteiger charge is 2.28. The van der Waals surface area contributed by atoms with Crippen molar-refractivity contribution in [1.82, 2.24) is 4.90 Å². The number of likely N-dealkylation sites (N-methyl/N-ethyl adjacent to an activating group) is 1. The van der Waals surface area contributed by atoms with Gasteiger partial charge >= 0.3 is 0 Å². The van der Waals surface area contributed by atoms with Crippen LogP contribution in [0.1, 0.15) is 5.56 Å². The van der Waals surface area contributed by atoms with Crippen molar-refractivity contribution in [2.75, 3.05) is 7.05 Å². The third kappa shape index (κ3) is 3.80. The van der Waals surface area contributed by atoms with Crippen molar-refractivity contribution in [2.45, 2.75) is 9.79 Å². The van der Waals surface area contributed by atoms with Gasteiger partial charge in [0.2, 0.25) is 0 Å². The molecule has 0 unspecified atom stereocenters. The van der Waals surface area contributed by atoms with Crippen molar-refractivity contribution in [3.63, 3.8) is 0 Å². The van der Waals surface area contributed by atoms with E-state index in [1.54, 1.807) is 18.8 Å². The second kappa shape index (κ2) is 7.09. The Balaban J connectivity index is 1.91. The molecule has 2 aromatic carbocycles. The van der Waals surface area contributed by atoms with Crippen LogP contribution in [0.15, 0.2) is 63.2 Å². The van der Waals surface area contributed by atoms with E-state index < -0.39 is 0 Å². The van der Waals surface area contributed by atoms with Crippen LogP contribution >= 0.6 is 47.3 Å². The molecule has 0 aliphatic carbocycles. The van der Waals surface area contributed by atoms with Crippen molar-refractivity contribution in [1.29, 1.82) is 0 Å². The Morgan fingerprint density at radius 1 is 1.17 bits per heavy atom. The van der Waals surface area contributed by atoms with E-state index >= 15 is 0 Å². The second-order valence-electron chi connectivity index (χ2n) is 4.83. The van der Waals surface area contributed by atoms with E-state index in [-0.39, 0.29) is 5.91 Å². The number of hydrogen-bond donors (Lipinski definition) is 0. The number of amides is 1. The fourth-order valence-electron chi connectivity index (χ4n) is 2.01. The largest absolute Gasteiger partial charge is 0.296 e. The number of rotatable bonds is 3. The van der Waals surface area contributed by atoms with Gasteiger partial charge in [-0.25, -0.2) is 0 Å². The maximum absolute atomic E-state index is 12.2. The Labute approximate surface area is 153 Å². The number of thiocarbonyl (C=S) groups is 1. The normalized spacial score (nSPS) is 16.4. The summed E-state index contributed by atoms with van der Waals surface area (Å²) in [5.74, 6) is -0.0497. The van der Waals surface area contributed by atoms with Crippen LogP contribution in [0.25, 0.3) is 6.08 Å². The summed E-state index contributed by atoms with van der Waals surface area (Å²) in [5.41, 5.74) is 1.00. The van der Waals surface area contributed by atoms with Crippen molar-refractivity contribution in [2.24, 2.45) is 0 Å². The molecular formula is C17H12ClNOS3. The SMILES string of the molecule is CN1C(=O)/C(=C/c2ccccc2Sc2ccc(Cl)cc2)SC1=S. The summed E-state index contributed by atoms with van der Waals surface area (Å²) in [7, 11) is 1.70. The molecule has 6 heteroatoms. The molecule has 116 valence electrons. The quantitative estimate of drug-likeness (QED) is 0.532. The molecule has 2 aromatic rings. The highest BCUT2D eigenvalue weighted by molar-refractivity contribution is 8.26. The van der Waals surface area contributed by atoms with Crippen molar-refractivity contribution in [3.05, 3.63) is 64.0 Å². The zero-order valence-electron chi connectivity index (χ0n) is 12.2. The third-order valence-corrected chi connectivity index (χ3v) is 6.07. The van der Waals surface area contributed by atoms with Gasteiger partial charge < -0.3 is 0 Å². The molecule has 1 fully saturated rings. The second-order valence-corrected chi connectivity index (χ2v) is 8.06. The molecule has 1 aliphatic heterocycles. The molecular weight excluding hydrogens is 366 g/mol. The number of nitrogens with zero attached hydrogens (tertiary/aromatic N) is 1. The lowest BCUT2D eigenvalue weighted by Gasteiger charge is -2.07. The monoisotopic (exact) mass is 377 g/mol. The number of carbonyl (C=O) groups excluding carboxylic acids is 1. The Bertz CT molecular complexity index is 802. The minimum atomic E-state index is -0.0497. The first kappa shape index (κ1) is 16.6. The summed E-state index contributed by atoms with van der Waals surface area (Å²) in [6.45, 7) is 0. The Kier molecular flexibility index (Phi) is 5.11. The van der Waals surface area contributed by atoms with Gasteiger partial charge in [-0.05, 0) is 42.0 Å². The average Bonchev–Trinajstić information content (AvgIpc) is 2.79. The number of carbonyl (C=O) groups is 1. The van der Waals surface area contributed by atoms with Crippen LogP contribution in [0.3, 0.4) is 0 Å². The van der Waals surface area contributed by atoms with Crippen LogP contribution in [-0.2, 0) is 4.79 Å². The molecule has 1 amide bonds. The molecule has 3 rings (SSSR count). The van der Waals surface area contributed by atoms with Crippen LogP contribution in [0.4, 0.5) is 0 Å². The van der Waals surface area contributed by atoms with Crippen molar-refractivity contribution >= 4 is 63.6 Å². The lowest BCUT2D eigenvalue weighted by Crippen LogP contribution is -2.22. The Morgan fingerprint density at radius 2 is 1.87 bits per heavy atom. The minimum absolute atomic E-state index is 0.0497. The molecule has 0 bridgehead atoms. The predicted octanol–water partition coefficient (Wildman–Crippen LogP) is 5.32. The highest BCUT2D eigenvalue weighted by atomic mass is 35.5. The van der Waals surface area contributed by atoms with Gasteiger partial charge in [-0.15, -0.1) is 0 Å². The maximum atomic E-state index is 12.2. The van der Waals surface area contributed by atoms with E-state index in [2.05, 4.69) is 0 Å². The van der Waals surface area contributed by atoms with Gasteiger partial charge in [-0.1, -0.05) is 65.5 Å². The summed E-state index contributed by atoms with van der Waals surface area (Å²) < 4.78 is 0.587. The number of hydrogen-bond acceptors (Lipinski definition) is 4. The van der Waals surface area contributed by atoms with Crippen molar-refractivity contribution < 1.29 is 4.79 Å². The van der Waals surface area contributed by atoms with Gasteiger partial charge in [0.25, 0.3) is 5.91 Å². The molecule has 0 atom stereocenters. The van der Waals surface area contributed by atoms with E-state index in [0.29, 0.717) is 14.2 Å². The van der Waals surface area contributed by atoms with E-state index in [9.17, 15) is 4.79 Å². The molecule has 23 heavy (non-hydrogen) atoms. The average molecular weight is 378 g/mol. The molecule has 0 aromatic heterocycles. The summed E-state index contributed by atoms with van der Waals surface area (Å²) in [4.78, 5) is 16.5. The van der Waals surface area contributed by atoms with E-state index in [1.165, 1.54) is 16.7 Å². The standard InChI is InChI=1S/C17H12ClNOS3/c1-19-16(20)15(23-17(19)21)10-11-4-2-3-5-14(11)22-13-8-6-12(18)7-9-13/h2-10H,1H3/b15-10-.